The first-order valence-electron chi connectivity index (χ1n) is 6.40. The molecule has 0 bridgehead atoms. The molecule has 0 aromatic carbocycles. The van der Waals surface area contributed by atoms with Gasteiger partial charge in [-0.2, -0.15) is 0 Å². The van der Waals surface area contributed by atoms with Crippen LogP contribution in [0.1, 0.15) is 27.2 Å². The molecule has 0 unspecified atom stereocenters. The van der Waals surface area contributed by atoms with Crippen molar-refractivity contribution in [1.82, 2.24) is 14.7 Å². The fourth-order valence-corrected chi connectivity index (χ4v) is 3.34. The molecule has 0 aromatic rings. The van der Waals surface area contributed by atoms with Crippen molar-refractivity contribution in [3.05, 3.63) is 0 Å². The molecule has 3 nitrogen and oxygen atoms in total. The Morgan fingerprint density at radius 2 is 1.75 bits per heavy atom. The molecule has 2 aliphatic rings. The fourth-order valence-electron chi connectivity index (χ4n) is 3.34. The molecule has 0 aromatic heterocycles. The number of rotatable bonds is 1. The van der Waals surface area contributed by atoms with Crippen molar-refractivity contribution < 1.29 is 0 Å². The Hall–Kier alpha value is -0.120. The monoisotopic (exact) mass is 225 g/mol. The Balaban J connectivity index is 2.09. The summed E-state index contributed by atoms with van der Waals surface area (Å²) in [7, 11) is 6.75. The maximum Gasteiger partial charge on any atom is 0.0617 e. The smallest absolute Gasteiger partial charge is 0.0617 e. The van der Waals surface area contributed by atoms with Gasteiger partial charge in [-0.25, -0.2) is 0 Å². The summed E-state index contributed by atoms with van der Waals surface area (Å²) in [5, 5.41) is 0. The van der Waals surface area contributed by atoms with Crippen LogP contribution in [0.2, 0.25) is 0 Å². The van der Waals surface area contributed by atoms with E-state index in [0.717, 1.165) is 6.04 Å². The third-order valence-electron chi connectivity index (χ3n) is 4.62. The fraction of sp³-hybridized carbons (Fsp3) is 1.00. The van der Waals surface area contributed by atoms with E-state index in [1.165, 1.54) is 26.1 Å². The molecule has 1 spiro atoms. The van der Waals surface area contributed by atoms with E-state index in [2.05, 4.69) is 56.6 Å². The second kappa shape index (κ2) is 3.69. The van der Waals surface area contributed by atoms with Gasteiger partial charge in [0.05, 0.1) is 5.54 Å². The van der Waals surface area contributed by atoms with Crippen molar-refractivity contribution in [2.75, 3.05) is 40.8 Å². The molecule has 0 amide bonds. The van der Waals surface area contributed by atoms with Gasteiger partial charge in [0, 0.05) is 31.2 Å². The van der Waals surface area contributed by atoms with Gasteiger partial charge in [-0.3, -0.25) is 9.80 Å². The molecule has 2 aliphatic heterocycles. The Bertz CT molecular complexity index is 261. The minimum absolute atomic E-state index is 0.325. The molecule has 0 aliphatic carbocycles. The first-order valence-corrected chi connectivity index (χ1v) is 6.40. The third-order valence-corrected chi connectivity index (χ3v) is 4.62. The van der Waals surface area contributed by atoms with Gasteiger partial charge in [-0.1, -0.05) is 0 Å². The van der Waals surface area contributed by atoms with Crippen molar-refractivity contribution in [3.63, 3.8) is 0 Å². The van der Waals surface area contributed by atoms with Gasteiger partial charge in [0.15, 0.2) is 0 Å². The minimum Gasteiger partial charge on any atom is -0.304 e. The lowest BCUT2D eigenvalue weighted by Gasteiger charge is -2.60. The topological polar surface area (TPSA) is 9.72 Å². The predicted octanol–water partition coefficient (Wildman–Crippen LogP) is 1.10. The van der Waals surface area contributed by atoms with Crippen LogP contribution in [0, 0.1) is 0 Å². The molecular weight excluding hydrogens is 198 g/mol. The quantitative estimate of drug-likeness (QED) is 0.662. The lowest BCUT2D eigenvalue weighted by molar-refractivity contribution is -0.0917. The lowest BCUT2D eigenvalue weighted by atomic mass is 9.79. The second-order valence-electron chi connectivity index (χ2n) is 6.82. The summed E-state index contributed by atoms with van der Waals surface area (Å²) in [5.74, 6) is 0. The summed E-state index contributed by atoms with van der Waals surface area (Å²) in [5.41, 5.74) is 0.752. The van der Waals surface area contributed by atoms with Crippen LogP contribution in [0.3, 0.4) is 0 Å². The second-order valence-corrected chi connectivity index (χ2v) is 6.82. The van der Waals surface area contributed by atoms with Crippen LogP contribution in [0.5, 0.6) is 0 Å². The highest BCUT2D eigenvalue weighted by Crippen LogP contribution is 2.41. The van der Waals surface area contributed by atoms with Gasteiger partial charge in [0.25, 0.3) is 0 Å². The minimum atomic E-state index is 0.325. The van der Waals surface area contributed by atoms with Crippen molar-refractivity contribution in [1.29, 1.82) is 0 Å². The zero-order valence-electron chi connectivity index (χ0n) is 11.7. The van der Waals surface area contributed by atoms with Crippen molar-refractivity contribution in [2.45, 2.75) is 44.3 Å². The summed E-state index contributed by atoms with van der Waals surface area (Å²) in [4.78, 5) is 7.61. The van der Waals surface area contributed by atoms with E-state index < -0.39 is 0 Å². The lowest BCUT2D eigenvalue weighted by Crippen LogP contribution is -2.76. The largest absolute Gasteiger partial charge is 0.304 e. The SMILES string of the molecule is CN(C)[C@@H]1CCN(C)C12CN(C(C)(C)C)C2. The van der Waals surface area contributed by atoms with E-state index >= 15 is 0 Å². The van der Waals surface area contributed by atoms with E-state index in [9.17, 15) is 0 Å². The first kappa shape index (κ1) is 12.3. The highest BCUT2D eigenvalue weighted by molar-refractivity contribution is 5.16. The van der Waals surface area contributed by atoms with Crippen LogP contribution in [-0.2, 0) is 0 Å². The molecule has 1 atom stereocenters. The Morgan fingerprint density at radius 3 is 2.19 bits per heavy atom. The number of likely N-dealkylation sites (N-methyl/N-ethyl adjacent to an activating group) is 2. The van der Waals surface area contributed by atoms with E-state index in [-0.39, 0.29) is 0 Å². The summed E-state index contributed by atoms with van der Waals surface area (Å²) in [6.07, 6.45) is 1.32. The standard InChI is InChI=1S/C13H27N3/c1-12(2,3)16-9-13(10-16)11(14(4)5)7-8-15(13)6/h11H,7-10H2,1-6H3/t11-/m1/s1. The molecular formula is C13H27N3. The molecule has 2 rings (SSSR count). The number of hydrogen-bond donors (Lipinski definition) is 0. The zero-order chi connectivity index (χ0) is 12.1. The third kappa shape index (κ3) is 1.69. The highest BCUT2D eigenvalue weighted by Gasteiger charge is 2.57. The van der Waals surface area contributed by atoms with Crippen LogP contribution in [0.15, 0.2) is 0 Å². The molecule has 0 N–H and O–H groups in total. The molecule has 2 saturated heterocycles. The predicted molar refractivity (Wildman–Crippen MR) is 68.8 cm³/mol. The van der Waals surface area contributed by atoms with Crippen LogP contribution in [0.4, 0.5) is 0 Å². The van der Waals surface area contributed by atoms with Gasteiger partial charge in [0.2, 0.25) is 0 Å². The van der Waals surface area contributed by atoms with Crippen molar-refractivity contribution >= 4 is 0 Å². The van der Waals surface area contributed by atoms with E-state index in [1.807, 2.05) is 0 Å². The average Bonchev–Trinajstić information content (AvgIpc) is 2.37. The maximum absolute atomic E-state index is 2.60. The number of likely N-dealkylation sites (tertiary alicyclic amines) is 2. The number of hydrogen-bond acceptors (Lipinski definition) is 3. The van der Waals surface area contributed by atoms with E-state index in [0.29, 0.717) is 11.1 Å². The average molecular weight is 225 g/mol. The Morgan fingerprint density at radius 1 is 1.19 bits per heavy atom. The van der Waals surface area contributed by atoms with Gasteiger partial charge in [-0.05, 0) is 48.3 Å². The van der Waals surface area contributed by atoms with E-state index in [4.69, 9.17) is 0 Å². The van der Waals surface area contributed by atoms with Gasteiger partial charge < -0.3 is 4.90 Å². The first-order chi connectivity index (χ1) is 7.27. The normalized spacial score (nSPS) is 31.3. The summed E-state index contributed by atoms with van der Waals surface area (Å²) >= 11 is 0. The van der Waals surface area contributed by atoms with Crippen LogP contribution < -0.4 is 0 Å². The molecule has 3 heteroatoms. The molecule has 0 radical (unpaired) electrons. The maximum atomic E-state index is 2.60. The Labute approximate surface area is 100 Å². The number of nitrogens with zero attached hydrogens (tertiary/aromatic N) is 3. The Kier molecular flexibility index (Phi) is 2.84. The molecule has 16 heavy (non-hydrogen) atoms. The molecule has 2 fully saturated rings. The summed E-state index contributed by atoms with van der Waals surface area (Å²) in [6, 6.07) is 0.732. The summed E-state index contributed by atoms with van der Waals surface area (Å²) in [6.45, 7) is 10.7. The van der Waals surface area contributed by atoms with Crippen LogP contribution in [0.25, 0.3) is 0 Å². The zero-order valence-corrected chi connectivity index (χ0v) is 11.7. The molecule has 2 heterocycles. The van der Waals surface area contributed by atoms with Crippen LogP contribution >= 0.6 is 0 Å². The van der Waals surface area contributed by atoms with Gasteiger partial charge in [-0.15, -0.1) is 0 Å². The van der Waals surface area contributed by atoms with Gasteiger partial charge >= 0.3 is 0 Å². The highest BCUT2D eigenvalue weighted by atomic mass is 15.4. The van der Waals surface area contributed by atoms with Crippen molar-refractivity contribution in [3.8, 4) is 0 Å². The summed E-state index contributed by atoms with van der Waals surface area (Å²) < 4.78 is 0. The van der Waals surface area contributed by atoms with Crippen LogP contribution in [-0.4, -0.2) is 72.6 Å². The van der Waals surface area contributed by atoms with Gasteiger partial charge in [0.1, 0.15) is 0 Å². The molecule has 94 valence electrons. The van der Waals surface area contributed by atoms with Crippen molar-refractivity contribution in [2.24, 2.45) is 0 Å². The molecule has 0 saturated carbocycles. The van der Waals surface area contributed by atoms with E-state index in [1.54, 1.807) is 0 Å².